The lowest BCUT2D eigenvalue weighted by Gasteiger charge is -2.25. The van der Waals surface area contributed by atoms with Crippen LogP contribution in [0, 0.1) is 0 Å². The molecule has 0 aliphatic rings. The smallest absolute Gasteiger partial charge is 0.212 e. The maximum Gasteiger partial charge on any atom is 0.214 e. The maximum absolute atomic E-state index is 11.7. The van der Waals surface area contributed by atoms with Crippen LogP contribution in [-0.2, 0) is 10.0 Å². The second-order valence-corrected chi connectivity index (χ2v) is 5.87. The first kappa shape index (κ1) is 14.2. The summed E-state index contributed by atoms with van der Waals surface area (Å²) >= 11 is 5.48. The lowest BCUT2D eigenvalue weighted by molar-refractivity contribution is 0.349. The van der Waals surface area contributed by atoms with Crippen molar-refractivity contribution < 1.29 is 8.42 Å². The summed E-state index contributed by atoms with van der Waals surface area (Å²) in [6.07, 6.45) is 2.23. The molecule has 0 radical (unpaired) electrons. The summed E-state index contributed by atoms with van der Waals surface area (Å²) in [5.41, 5.74) is 0. The van der Waals surface area contributed by atoms with Crippen LogP contribution in [0.4, 0.5) is 0 Å². The number of rotatable bonds is 7. The van der Waals surface area contributed by atoms with E-state index < -0.39 is 10.0 Å². The molecule has 0 unspecified atom stereocenters. The minimum absolute atomic E-state index is 0.121. The van der Waals surface area contributed by atoms with Gasteiger partial charge in [0.05, 0.1) is 5.75 Å². The van der Waals surface area contributed by atoms with E-state index in [-0.39, 0.29) is 11.8 Å². The van der Waals surface area contributed by atoms with E-state index in [2.05, 4.69) is 0 Å². The summed E-state index contributed by atoms with van der Waals surface area (Å²) in [7, 11) is -1.44. The van der Waals surface area contributed by atoms with Crippen LogP contribution in [0.5, 0.6) is 0 Å². The van der Waals surface area contributed by atoms with E-state index in [0.717, 1.165) is 12.8 Å². The maximum atomic E-state index is 11.7. The highest BCUT2D eigenvalue weighted by atomic mass is 35.5. The van der Waals surface area contributed by atoms with Crippen LogP contribution >= 0.6 is 11.6 Å². The lowest BCUT2D eigenvalue weighted by atomic mass is 10.2. The fourth-order valence-corrected chi connectivity index (χ4v) is 3.25. The van der Waals surface area contributed by atoms with Crippen LogP contribution in [0.25, 0.3) is 0 Å². The molecule has 0 aromatic carbocycles. The number of halogens is 1. The molecule has 5 heteroatoms. The topological polar surface area (TPSA) is 37.4 Å². The van der Waals surface area contributed by atoms with Crippen molar-refractivity contribution in [2.75, 3.05) is 18.7 Å². The van der Waals surface area contributed by atoms with Crippen molar-refractivity contribution in [2.24, 2.45) is 0 Å². The van der Waals surface area contributed by atoms with Crippen molar-refractivity contribution in [1.29, 1.82) is 0 Å². The van der Waals surface area contributed by atoms with Gasteiger partial charge in [0.25, 0.3) is 0 Å². The van der Waals surface area contributed by atoms with Gasteiger partial charge in [-0.15, -0.1) is 11.6 Å². The molecule has 0 saturated carbocycles. The first-order valence-electron chi connectivity index (χ1n) is 5.01. The zero-order valence-electron chi connectivity index (χ0n) is 9.16. The Balaban J connectivity index is 4.40. The predicted molar refractivity (Wildman–Crippen MR) is 61.3 cm³/mol. The van der Waals surface area contributed by atoms with Crippen LogP contribution in [0.2, 0.25) is 0 Å². The third kappa shape index (κ3) is 4.15. The van der Waals surface area contributed by atoms with Crippen LogP contribution in [0.3, 0.4) is 0 Å². The van der Waals surface area contributed by atoms with Crippen molar-refractivity contribution in [2.45, 2.75) is 39.2 Å². The van der Waals surface area contributed by atoms with Crippen LogP contribution in [0.1, 0.15) is 33.1 Å². The summed E-state index contributed by atoms with van der Waals surface area (Å²) < 4.78 is 24.9. The van der Waals surface area contributed by atoms with Crippen molar-refractivity contribution >= 4 is 21.6 Å². The molecule has 14 heavy (non-hydrogen) atoms. The fraction of sp³-hybridized carbons (Fsp3) is 1.00. The Morgan fingerprint density at radius 1 is 1.29 bits per heavy atom. The summed E-state index contributed by atoms with van der Waals surface area (Å²) in [5, 5.41) is 0. The Morgan fingerprint density at radius 2 is 1.79 bits per heavy atom. The van der Waals surface area contributed by atoms with E-state index >= 15 is 0 Å². The molecule has 0 aliphatic carbocycles. The van der Waals surface area contributed by atoms with E-state index in [1.54, 1.807) is 7.05 Å². The van der Waals surface area contributed by atoms with Crippen molar-refractivity contribution in [3.05, 3.63) is 0 Å². The molecular weight excluding hydrogens is 222 g/mol. The Labute approximate surface area is 92.5 Å². The van der Waals surface area contributed by atoms with Gasteiger partial charge < -0.3 is 0 Å². The van der Waals surface area contributed by atoms with E-state index in [0.29, 0.717) is 12.3 Å². The Kier molecular flexibility index (Phi) is 6.74. The van der Waals surface area contributed by atoms with Crippen molar-refractivity contribution in [1.82, 2.24) is 4.31 Å². The van der Waals surface area contributed by atoms with E-state index in [1.807, 2.05) is 13.8 Å². The third-order valence-electron chi connectivity index (χ3n) is 2.43. The molecule has 0 amide bonds. The van der Waals surface area contributed by atoms with Gasteiger partial charge in [0.2, 0.25) is 10.0 Å². The molecule has 0 fully saturated rings. The summed E-state index contributed by atoms with van der Waals surface area (Å²) in [6, 6.07) is 0.121. The summed E-state index contributed by atoms with van der Waals surface area (Å²) in [6.45, 7) is 4.00. The van der Waals surface area contributed by atoms with Crippen LogP contribution in [0.15, 0.2) is 0 Å². The van der Waals surface area contributed by atoms with Gasteiger partial charge in [0.1, 0.15) is 0 Å². The molecule has 0 spiro atoms. The number of hydrogen-bond acceptors (Lipinski definition) is 2. The van der Waals surface area contributed by atoms with Gasteiger partial charge in [-0.05, 0) is 19.3 Å². The van der Waals surface area contributed by atoms with Gasteiger partial charge in [0, 0.05) is 19.0 Å². The Morgan fingerprint density at radius 3 is 2.14 bits per heavy atom. The number of nitrogens with zero attached hydrogens (tertiary/aromatic N) is 1. The Bertz CT molecular complexity index is 237. The number of hydrogen-bond donors (Lipinski definition) is 0. The van der Waals surface area contributed by atoms with E-state index in [4.69, 9.17) is 11.6 Å². The normalized spacial score (nSPS) is 12.7. The standard InChI is InChI=1S/C9H20ClNO2S/c1-4-9(5-2)11(3)14(12,13)8-6-7-10/h9H,4-8H2,1-3H3. The summed E-state index contributed by atoms with van der Waals surface area (Å²) in [5.74, 6) is 0.555. The highest BCUT2D eigenvalue weighted by Crippen LogP contribution is 2.12. The summed E-state index contributed by atoms with van der Waals surface area (Å²) in [4.78, 5) is 0. The quantitative estimate of drug-likeness (QED) is 0.640. The first-order chi connectivity index (χ1) is 6.49. The predicted octanol–water partition coefficient (Wildman–Crippen LogP) is 2.07. The minimum atomic E-state index is -3.10. The average Bonchev–Trinajstić information content (AvgIpc) is 2.16. The fourth-order valence-electron chi connectivity index (χ4n) is 1.41. The van der Waals surface area contributed by atoms with E-state index in [9.17, 15) is 8.42 Å². The largest absolute Gasteiger partial charge is 0.214 e. The van der Waals surface area contributed by atoms with Gasteiger partial charge in [0.15, 0.2) is 0 Å². The molecule has 86 valence electrons. The highest BCUT2D eigenvalue weighted by molar-refractivity contribution is 7.89. The third-order valence-corrected chi connectivity index (χ3v) is 4.68. The molecule has 0 aliphatic heterocycles. The molecule has 0 atom stereocenters. The average molecular weight is 242 g/mol. The molecule has 0 aromatic heterocycles. The van der Waals surface area contributed by atoms with Gasteiger partial charge in [-0.2, -0.15) is 0 Å². The van der Waals surface area contributed by atoms with Crippen LogP contribution in [-0.4, -0.2) is 37.4 Å². The van der Waals surface area contributed by atoms with E-state index in [1.165, 1.54) is 4.31 Å². The van der Waals surface area contributed by atoms with Gasteiger partial charge in [-0.25, -0.2) is 12.7 Å². The molecule has 0 rings (SSSR count). The minimum Gasteiger partial charge on any atom is -0.212 e. The second kappa shape index (κ2) is 6.64. The monoisotopic (exact) mass is 241 g/mol. The zero-order chi connectivity index (χ0) is 11.2. The molecule has 0 saturated heterocycles. The lowest BCUT2D eigenvalue weighted by Crippen LogP contribution is -2.37. The molecule has 0 aromatic rings. The van der Waals surface area contributed by atoms with Gasteiger partial charge in [-0.3, -0.25) is 0 Å². The van der Waals surface area contributed by atoms with Crippen molar-refractivity contribution in [3.63, 3.8) is 0 Å². The van der Waals surface area contributed by atoms with Gasteiger partial charge in [-0.1, -0.05) is 13.8 Å². The zero-order valence-corrected chi connectivity index (χ0v) is 10.7. The Hall–Kier alpha value is 0.200. The molecular formula is C9H20ClNO2S. The first-order valence-corrected chi connectivity index (χ1v) is 7.15. The molecule has 0 N–H and O–H groups in total. The number of alkyl halides is 1. The number of sulfonamides is 1. The highest BCUT2D eigenvalue weighted by Gasteiger charge is 2.22. The molecule has 0 heterocycles. The molecule has 0 bridgehead atoms. The SMILES string of the molecule is CCC(CC)N(C)S(=O)(=O)CCCCl. The second-order valence-electron chi connectivity index (χ2n) is 3.35. The molecule has 3 nitrogen and oxygen atoms in total. The van der Waals surface area contributed by atoms with Gasteiger partial charge >= 0.3 is 0 Å². The van der Waals surface area contributed by atoms with Crippen molar-refractivity contribution in [3.8, 4) is 0 Å². The van der Waals surface area contributed by atoms with Crippen LogP contribution < -0.4 is 0 Å².